The zero-order chi connectivity index (χ0) is 20.4. The monoisotopic (exact) mass is 418 g/mol. The topological polar surface area (TPSA) is 30.5 Å². The Morgan fingerprint density at radius 3 is 2.55 bits per heavy atom. The van der Waals surface area contributed by atoms with Crippen molar-refractivity contribution >= 4 is 34.3 Å². The number of nitrogens with one attached hydrogen (secondary N) is 2. The molecular weight excluding hydrogens is 397 g/mol. The molecule has 2 aliphatic heterocycles. The summed E-state index contributed by atoms with van der Waals surface area (Å²) in [5.74, 6) is 0. The van der Waals surface area contributed by atoms with Crippen LogP contribution in [0.25, 0.3) is 5.57 Å². The second-order valence-corrected chi connectivity index (χ2v) is 7.43. The number of nitrogens with zero attached hydrogens (tertiary/aromatic N) is 2. The van der Waals surface area contributed by atoms with Gasteiger partial charge in [-0.25, -0.2) is 0 Å². The minimum Gasteiger partial charge on any atom is -0.380 e. The molecule has 2 aromatic carbocycles. The Morgan fingerprint density at radius 1 is 1.03 bits per heavy atom. The number of rotatable bonds is 2. The summed E-state index contributed by atoms with van der Waals surface area (Å²) >= 11 is 5.51. The third-order valence-electron chi connectivity index (χ3n) is 5.22. The van der Waals surface area contributed by atoms with E-state index in [1.807, 2.05) is 34.2 Å². The number of hydrogen-bond donors (Lipinski definition) is 2. The number of para-hydroxylation sites is 1. The van der Waals surface area contributed by atoms with E-state index in [1.54, 1.807) is 6.07 Å². The molecule has 0 amide bonds. The van der Waals surface area contributed by atoms with Crippen molar-refractivity contribution in [1.29, 1.82) is 0 Å². The molecule has 2 aliphatic rings. The molecule has 0 unspecified atom stereocenters. The molecule has 2 N–H and O–H groups in total. The van der Waals surface area contributed by atoms with Crippen LogP contribution in [-0.4, -0.2) is 42.7 Å². The van der Waals surface area contributed by atoms with Gasteiger partial charge in [-0.05, 0) is 42.1 Å². The molecule has 1 fully saturated rings. The molecule has 0 atom stereocenters. The zero-order valence-corrected chi connectivity index (χ0v) is 16.5. The summed E-state index contributed by atoms with van der Waals surface area (Å²) in [6, 6.07) is 13.6. The molecule has 2 heterocycles. The lowest BCUT2D eigenvalue weighted by Crippen LogP contribution is -2.51. The summed E-state index contributed by atoms with van der Waals surface area (Å²) < 4.78 is 38.8. The highest BCUT2D eigenvalue weighted by Gasteiger charge is 2.31. The van der Waals surface area contributed by atoms with E-state index in [0.717, 1.165) is 29.4 Å². The van der Waals surface area contributed by atoms with Gasteiger partial charge in [0.05, 0.1) is 5.56 Å². The molecule has 0 aliphatic carbocycles. The molecule has 4 nitrogen and oxygen atoms in total. The standard InChI is InChI=1S/C21H21F3N4S/c22-21(23,24)16-4-3-5-17(12-16)27-8-10-28(11-9-27)20(29)26-14-15-13-25-19-7-2-1-6-18(15)19/h1-7,12,14,25H,8-11,13H2,(H,26,29)/b15-14-. The normalized spacial score (nSPS) is 17.8. The van der Waals surface area contributed by atoms with Crippen molar-refractivity contribution in [2.45, 2.75) is 6.18 Å². The number of alkyl halides is 3. The predicted molar refractivity (Wildman–Crippen MR) is 114 cm³/mol. The molecule has 0 radical (unpaired) electrons. The van der Waals surface area contributed by atoms with Crippen molar-refractivity contribution in [3.63, 3.8) is 0 Å². The largest absolute Gasteiger partial charge is 0.416 e. The van der Waals surface area contributed by atoms with Crippen LogP contribution in [0.1, 0.15) is 11.1 Å². The van der Waals surface area contributed by atoms with E-state index in [-0.39, 0.29) is 0 Å². The fraction of sp³-hybridized carbons (Fsp3) is 0.286. The van der Waals surface area contributed by atoms with Crippen LogP contribution >= 0.6 is 12.2 Å². The van der Waals surface area contributed by atoms with Gasteiger partial charge in [0.25, 0.3) is 0 Å². The summed E-state index contributed by atoms with van der Waals surface area (Å²) in [5, 5.41) is 7.18. The fourth-order valence-corrected chi connectivity index (χ4v) is 3.86. The number of thiocarbonyl (C=S) groups is 1. The van der Waals surface area contributed by atoms with Crippen LogP contribution in [0.3, 0.4) is 0 Å². The maximum atomic E-state index is 12.9. The minimum atomic E-state index is -4.33. The summed E-state index contributed by atoms with van der Waals surface area (Å²) in [5.41, 5.74) is 3.39. The van der Waals surface area contributed by atoms with Gasteiger partial charge >= 0.3 is 6.18 Å². The van der Waals surface area contributed by atoms with Crippen molar-refractivity contribution in [2.75, 3.05) is 42.9 Å². The smallest absolute Gasteiger partial charge is 0.380 e. The Labute approximate surface area is 173 Å². The highest BCUT2D eigenvalue weighted by Crippen LogP contribution is 2.32. The van der Waals surface area contributed by atoms with Crippen molar-refractivity contribution in [2.24, 2.45) is 0 Å². The summed E-state index contributed by atoms with van der Waals surface area (Å²) in [6.07, 6.45) is -2.40. The van der Waals surface area contributed by atoms with Crippen LogP contribution in [0.15, 0.2) is 54.7 Å². The Hall–Kier alpha value is -2.74. The predicted octanol–water partition coefficient (Wildman–Crippen LogP) is 4.17. The Balaban J connectivity index is 1.34. The van der Waals surface area contributed by atoms with E-state index < -0.39 is 11.7 Å². The van der Waals surface area contributed by atoms with Gasteiger partial charge in [0.15, 0.2) is 5.11 Å². The summed E-state index contributed by atoms with van der Waals surface area (Å²) in [4.78, 5) is 4.01. The summed E-state index contributed by atoms with van der Waals surface area (Å²) in [7, 11) is 0. The second-order valence-electron chi connectivity index (χ2n) is 7.04. The van der Waals surface area contributed by atoms with Gasteiger partial charge in [0.2, 0.25) is 0 Å². The first-order chi connectivity index (χ1) is 13.9. The zero-order valence-electron chi connectivity index (χ0n) is 15.7. The van der Waals surface area contributed by atoms with E-state index in [0.29, 0.717) is 37.0 Å². The Bertz CT molecular complexity index is 934. The number of piperazine rings is 1. The highest BCUT2D eigenvalue weighted by atomic mass is 32.1. The summed E-state index contributed by atoms with van der Waals surface area (Å²) in [6.45, 7) is 3.28. The van der Waals surface area contributed by atoms with E-state index in [1.165, 1.54) is 12.1 Å². The van der Waals surface area contributed by atoms with Gasteiger partial charge in [0.1, 0.15) is 0 Å². The average molecular weight is 418 g/mol. The van der Waals surface area contributed by atoms with Crippen LogP contribution in [-0.2, 0) is 6.18 Å². The Morgan fingerprint density at radius 2 is 1.79 bits per heavy atom. The van der Waals surface area contributed by atoms with Crippen LogP contribution in [0.5, 0.6) is 0 Å². The number of hydrogen-bond acceptors (Lipinski definition) is 3. The van der Waals surface area contributed by atoms with Crippen molar-refractivity contribution in [3.8, 4) is 0 Å². The molecule has 152 valence electrons. The molecule has 8 heteroatoms. The van der Waals surface area contributed by atoms with Crippen molar-refractivity contribution in [1.82, 2.24) is 10.2 Å². The lowest BCUT2D eigenvalue weighted by Gasteiger charge is -2.37. The van der Waals surface area contributed by atoms with Crippen LogP contribution in [0.2, 0.25) is 0 Å². The lowest BCUT2D eigenvalue weighted by molar-refractivity contribution is -0.137. The van der Waals surface area contributed by atoms with Crippen molar-refractivity contribution < 1.29 is 13.2 Å². The molecule has 0 bridgehead atoms. The quantitative estimate of drug-likeness (QED) is 0.715. The van der Waals surface area contributed by atoms with Crippen LogP contribution in [0.4, 0.5) is 24.5 Å². The van der Waals surface area contributed by atoms with Gasteiger partial charge in [-0.15, -0.1) is 0 Å². The van der Waals surface area contributed by atoms with Crippen LogP contribution in [0, 0.1) is 0 Å². The third-order valence-corrected chi connectivity index (χ3v) is 5.59. The fourth-order valence-electron chi connectivity index (χ4n) is 3.62. The molecule has 29 heavy (non-hydrogen) atoms. The first-order valence-corrected chi connectivity index (χ1v) is 9.82. The molecule has 0 aromatic heterocycles. The van der Waals surface area contributed by atoms with Gasteiger partial charge in [-0.1, -0.05) is 24.3 Å². The van der Waals surface area contributed by atoms with Gasteiger partial charge in [-0.2, -0.15) is 13.2 Å². The molecule has 4 rings (SSSR count). The van der Waals surface area contributed by atoms with E-state index in [9.17, 15) is 13.2 Å². The average Bonchev–Trinajstić information content (AvgIpc) is 3.15. The second kappa shape index (κ2) is 7.94. The van der Waals surface area contributed by atoms with Gasteiger partial charge < -0.3 is 20.4 Å². The molecule has 2 aromatic rings. The maximum absolute atomic E-state index is 12.9. The molecule has 1 saturated heterocycles. The van der Waals surface area contributed by atoms with Crippen LogP contribution < -0.4 is 15.5 Å². The van der Waals surface area contributed by atoms with Gasteiger partial charge in [-0.3, -0.25) is 0 Å². The third kappa shape index (κ3) is 4.32. The number of benzene rings is 2. The SMILES string of the molecule is FC(F)(F)c1cccc(N2CCN(C(=S)N/C=C3/CNc4ccccc43)CC2)c1. The van der Waals surface area contributed by atoms with Crippen molar-refractivity contribution in [3.05, 3.63) is 65.9 Å². The molecule has 0 saturated carbocycles. The number of anilines is 2. The Kier molecular flexibility index (Phi) is 5.36. The number of halogens is 3. The number of fused-ring (bicyclic) bond motifs is 1. The minimum absolute atomic E-state index is 0.592. The first kappa shape index (κ1) is 19.6. The molecule has 0 spiro atoms. The molecular formula is C21H21F3N4S. The van der Waals surface area contributed by atoms with Gasteiger partial charge in [0, 0.05) is 55.9 Å². The maximum Gasteiger partial charge on any atom is 0.416 e. The first-order valence-electron chi connectivity index (χ1n) is 9.42. The van der Waals surface area contributed by atoms with E-state index in [2.05, 4.69) is 16.7 Å². The van der Waals surface area contributed by atoms with E-state index >= 15 is 0 Å². The van der Waals surface area contributed by atoms with E-state index in [4.69, 9.17) is 12.2 Å². The highest BCUT2D eigenvalue weighted by molar-refractivity contribution is 7.80. The lowest BCUT2D eigenvalue weighted by atomic mass is 10.1.